The Kier molecular flexibility index (Phi) is 4.89. The van der Waals surface area contributed by atoms with E-state index >= 15 is 0 Å². The molecule has 0 aliphatic carbocycles. The molecule has 0 saturated heterocycles. The first kappa shape index (κ1) is 12.9. The Morgan fingerprint density at radius 3 is 3.18 bits per heavy atom. The van der Waals surface area contributed by atoms with E-state index in [1.807, 2.05) is 18.8 Å². The van der Waals surface area contributed by atoms with Crippen LogP contribution in [0.15, 0.2) is 23.1 Å². The lowest BCUT2D eigenvalue weighted by Gasteiger charge is -2.18. The first-order valence-corrected chi connectivity index (χ1v) is 7.45. The van der Waals surface area contributed by atoms with E-state index in [9.17, 15) is 0 Å². The molecule has 0 radical (unpaired) electrons. The third kappa shape index (κ3) is 3.47. The molecule has 3 heteroatoms. The maximum absolute atomic E-state index is 6.23. The number of hydrogen-bond acceptors (Lipinski definition) is 3. The SMILES string of the molecule is CNCCCC(N)c1ccc2c(c1)CCCS2. The molecule has 2 nitrogen and oxygen atoms in total. The van der Waals surface area contributed by atoms with Crippen molar-refractivity contribution in [3.63, 3.8) is 0 Å². The van der Waals surface area contributed by atoms with Gasteiger partial charge in [0.1, 0.15) is 0 Å². The van der Waals surface area contributed by atoms with Crippen molar-refractivity contribution >= 4 is 11.8 Å². The van der Waals surface area contributed by atoms with Crippen molar-refractivity contribution in [2.75, 3.05) is 19.3 Å². The second-order valence-electron chi connectivity index (χ2n) is 4.67. The van der Waals surface area contributed by atoms with Crippen LogP contribution in [-0.2, 0) is 6.42 Å². The molecule has 0 bridgehead atoms. The highest BCUT2D eigenvalue weighted by Gasteiger charge is 2.12. The summed E-state index contributed by atoms with van der Waals surface area (Å²) in [5.41, 5.74) is 9.04. The lowest BCUT2D eigenvalue weighted by atomic mass is 9.99. The van der Waals surface area contributed by atoms with E-state index in [1.165, 1.54) is 34.6 Å². The summed E-state index contributed by atoms with van der Waals surface area (Å²) >= 11 is 1.98. The lowest BCUT2D eigenvalue weighted by molar-refractivity contribution is 0.589. The smallest absolute Gasteiger partial charge is 0.0295 e. The zero-order valence-electron chi connectivity index (χ0n) is 10.5. The summed E-state index contributed by atoms with van der Waals surface area (Å²) in [6.07, 6.45) is 4.73. The quantitative estimate of drug-likeness (QED) is 0.789. The van der Waals surface area contributed by atoms with Crippen molar-refractivity contribution in [3.8, 4) is 0 Å². The maximum Gasteiger partial charge on any atom is 0.0295 e. The van der Waals surface area contributed by atoms with Crippen LogP contribution < -0.4 is 11.1 Å². The van der Waals surface area contributed by atoms with Crippen LogP contribution in [0.2, 0.25) is 0 Å². The van der Waals surface area contributed by atoms with E-state index in [-0.39, 0.29) is 6.04 Å². The van der Waals surface area contributed by atoms with E-state index in [0.29, 0.717) is 0 Å². The number of hydrogen-bond donors (Lipinski definition) is 2. The predicted octanol–water partition coefficient (Wildman–Crippen LogP) is 2.72. The van der Waals surface area contributed by atoms with Crippen LogP contribution >= 0.6 is 11.8 Å². The van der Waals surface area contributed by atoms with E-state index in [1.54, 1.807) is 0 Å². The van der Waals surface area contributed by atoms with Gasteiger partial charge in [-0.25, -0.2) is 0 Å². The lowest BCUT2D eigenvalue weighted by Crippen LogP contribution is -2.15. The molecule has 0 amide bonds. The zero-order chi connectivity index (χ0) is 12.1. The number of thioether (sulfide) groups is 1. The van der Waals surface area contributed by atoms with Crippen molar-refractivity contribution in [3.05, 3.63) is 29.3 Å². The molecule has 1 aromatic carbocycles. The van der Waals surface area contributed by atoms with Crippen LogP contribution in [0.5, 0.6) is 0 Å². The molecule has 1 aliphatic heterocycles. The minimum atomic E-state index is 0.195. The van der Waals surface area contributed by atoms with Crippen LogP contribution in [0.1, 0.15) is 36.4 Å². The monoisotopic (exact) mass is 250 g/mol. The van der Waals surface area contributed by atoms with E-state index in [0.717, 1.165) is 19.4 Å². The van der Waals surface area contributed by atoms with Crippen molar-refractivity contribution in [1.82, 2.24) is 5.32 Å². The normalized spacial score (nSPS) is 16.6. The fourth-order valence-corrected chi connectivity index (χ4v) is 3.30. The minimum Gasteiger partial charge on any atom is -0.324 e. The number of benzene rings is 1. The average Bonchev–Trinajstić information content (AvgIpc) is 2.38. The number of rotatable bonds is 5. The standard InChI is InChI=1S/C14H22N2S/c1-16-8-2-5-13(15)11-6-7-14-12(10-11)4-3-9-17-14/h6-7,10,13,16H,2-5,8-9,15H2,1H3. The topological polar surface area (TPSA) is 38.0 Å². The second kappa shape index (κ2) is 6.43. The first-order chi connectivity index (χ1) is 8.31. The summed E-state index contributed by atoms with van der Waals surface area (Å²) in [6.45, 7) is 1.05. The Balaban J connectivity index is 2.00. The Bertz CT molecular complexity index is 365. The van der Waals surface area contributed by atoms with Crippen LogP contribution in [0, 0.1) is 0 Å². The average molecular weight is 250 g/mol. The fraction of sp³-hybridized carbons (Fsp3) is 0.571. The maximum atomic E-state index is 6.23. The van der Waals surface area contributed by atoms with Gasteiger partial charge in [-0.3, -0.25) is 0 Å². The molecule has 0 saturated carbocycles. The number of fused-ring (bicyclic) bond motifs is 1. The van der Waals surface area contributed by atoms with Crippen molar-refractivity contribution < 1.29 is 0 Å². The van der Waals surface area contributed by atoms with Gasteiger partial charge < -0.3 is 11.1 Å². The molecular weight excluding hydrogens is 228 g/mol. The Morgan fingerprint density at radius 2 is 2.35 bits per heavy atom. The van der Waals surface area contributed by atoms with Gasteiger partial charge in [-0.05, 0) is 62.2 Å². The van der Waals surface area contributed by atoms with Gasteiger partial charge in [0.05, 0.1) is 0 Å². The Morgan fingerprint density at radius 1 is 1.47 bits per heavy atom. The molecule has 0 spiro atoms. The molecule has 1 heterocycles. The molecule has 2 rings (SSSR count). The molecule has 1 aliphatic rings. The van der Waals surface area contributed by atoms with Gasteiger partial charge in [0.2, 0.25) is 0 Å². The van der Waals surface area contributed by atoms with Gasteiger partial charge in [0.15, 0.2) is 0 Å². The second-order valence-corrected chi connectivity index (χ2v) is 5.81. The van der Waals surface area contributed by atoms with Crippen molar-refractivity contribution in [1.29, 1.82) is 0 Å². The molecule has 17 heavy (non-hydrogen) atoms. The molecule has 0 fully saturated rings. The third-order valence-electron chi connectivity index (χ3n) is 3.30. The highest BCUT2D eigenvalue weighted by molar-refractivity contribution is 7.99. The number of aryl methyl sites for hydroxylation is 1. The highest BCUT2D eigenvalue weighted by atomic mass is 32.2. The first-order valence-electron chi connectivity index (χ1n) is 6.47. The highest BCUT2D eigenvalue weighted by Crippen LogP contribution is 2.31. The van der Waals surface area contributed by atoms with Crippen molar-refractivity contribution in [2.24, 2.45) is 5.73 Å². The molecule has 3 N–H and O–H groups in total. The summed E-state index contributed by atoms with van der Waals surface area (Å²) in [6, 6.07) is 6.99. The summed E-state index contributed by atoms with van der Waals surface area (Å²) in [7, 11) is 1.99. The zero-order valence-corrected chi connectivity index (χ0v) is 11.4. The van der Waals surface area contributed by atoms with Crippen LogP contribution in [0.3, 0.4) is 0 Å². The van der Waals surface area contributed by atoms with Gasteiger partial charge in [0.25, 0.3) is 0 Å². The minimum absolute atomic E-state index is 0.195. The molecule has 94 valence electrons. The van der Waals surface area contributed by atoms with Crippen molar-refractivity contribution in [2.45, 2.75) is 36.6 Å². The molecule has 1 atom stereocenters. The van der Waals surface area contributed by atoms with Crippen LogP contribution in [0.25, 0.3) is 0 Å². The predicted molar refractivity (Wildman–Crippen MR) is 75.6 cm³/mol. The van der Waals surface area contributed by atoms with Gasteiger partial charge in [-0.1, -0.05) is 12.1 Å². The van der Waals surface area contributed by atoms with Gasteiger partial charge in [0, 0.05) is 10.9 Å². The molecular formula is C14H22N2S. The number of nitrogens with one attached hydrogen (secondary N) is 1. The fourth-order valence-electron chi connectivity index (χ4n) is 2.28. The Labute approximate surface area is 108 Å². The summed E-state index contributed by atoms with van der Waals surface area (Å²) in [4.78, 5) is 1.46. The summed E-state index contributed by atoms with van der Waals surface area (Å²) in [5.74, 6) is 1.26. The van der Waals surface area contributed by atoms with Gasteiger partial charge in [-0.15, -0.1) is 11.8 Å². The Hall–Kier alpha value is -0.510. The van der Waals surface area contributed by atoms with Crippen LogP contribution in [-0.4, -0.2) is 19.3 Å². The van der Waals surface area contributed by atoms with E-state index in [2.05, 4.69) is 23.5 Å². The van der Waals surface area contributed by atoms with E-state index < -0.39 is 0 Å². The number of nitrogens with two attached hydrogens (primary N) is 1. The van der Waals surface area contributed by atoms with E-state index in [4.69, 9.17) is 5.73 Å². The molecule has 1 unspecified atom stereocenters. The van der Waals surface area contributed by atoms with Crippen LogP contribution in [0.4, 0.5) is 0 Å². The summed E-state index contributed by atoms with van der Waals surface area (Å²) in [5, 5.41) is 3.17. The summed E-state index contributed by atoms with van der Waals surface area (Å²) < 4.78 is 0. The molecule has 1 aromatic rings. The third-order valence-corrected chi connectivity index (χ3v) is 4.50. The van der Waals surface area contributed by atoms with Gasteiger partial charge >= 0.3 is 0 Å². The van der Waals surface area contributed by atoms with Gasteiger partial charge in [-0.2, -0.15) is 0 Å². The largest absolute Gasteiger partial charge is 0.324 e. The molecule has 0 aromatic heterocycles.